The summed E-state index contributed by atoms with van der Waals surface area (Å²) in [6.45, 7) is 4.82. The summed E-state index contributed by atoms with van der Waals surface area (Å²) >= 11 is 0. The van der Waals surface area contributed by atoms with Gasteiger partial charge in [0, 0.05) is 48.4 Å². The minimum Gasteiger partial charge on any atom is -0.297 e. The van der Waals surface area contributed by atoms with Crippen molar-refractivity contribution in [3.8, 4) is 5.69 Å². The third-order valence-corrected chi connectivity index (χ3v) is 5.90. The van der Waals surface area contributed by atoms with Gasteiger partial charge < -0.3 is 0 Å². The van der Waals surface area contributed by atoms with Crippen LogP contribution >= 0.6 is 0 Å². The van der Waals surface area contributed by atoms with Gasteiger partial charge in [0.1, 0.15) is 5.82 Å². The first-order valence-corrected chi connectivity index (χ1v) is 10.3. The van der Waals surface area contributed by atoms with Crippen LogP contribution in [0.1, 0.15) is 35.8 Å². The molecule has 5 rings (SSSR count). The maximum Gasteiger partial charge on any atom is 0.348 e. The Kier molecular flexibility index (Phi) is 4.88. The van der Waals surface area contributed by atoms with Crippen molar-refractivity contribution in [2.45, 2.75) is 32.2 Å². The molecule has 0 spiro atoms. The van der Waals surface area contributed by atoms with Crippen molar-refractivity contribution in [3.63, 3.8) is 0 Å². The number of aromatic amines is 1. The van der Waals surface area contributed by atoms with Gasteiger partial charge >= 0.3 is 5.69 Å². The molecule has 0 radical (unpaired) electrons. The van der Waals surface area contributed by atoms with Gasteiger partial charge in [-0.2, -0.15) is 4.68 Å². The third kappa shape index (κ3) is 3.52. The number of aryl methyl sites for hydroxylation is 1. The Morgan fingerprint density at radius 3 is 3.00 bits per heavy atom. The van der Waals surface area contributed by atoms with Gasteiger partial charge in [-0.25, -0.2) is 4.79 Å². The summed E-state index contributed by atoms with van der Waals surface area (Å²) in [7, 11) is 0. The number of piperidine rings is 1. The molecule has 7 heteroatoms. The molecule has 1 aromatic carbocycles. The van der Waals surface area contributed by atoms with E-state index >= 15 is 0 Å². The van der Waals surface area contributed by atoms with Crippen molar-refractivity contribution < 1.29 is 0 Å². The molecule has 7 nitrogen and oxygen atoms in total. The minimum atomic E-state index is -0.202. The summed E-state index contributed by atoms with van der Waals surface area (Å²) < 4.78 is 1.49. The molecule has 1 aliphatic heterocycles. The van der Waals surface area contributed by atoms with Crippen LogP contribution in [0.5, 0.6) is 0 Å². The van der Waals surface area contributed by atoms with E-state index in [2.05, 4.69) is 32.8 Å². The predicted octanol–water partition coefficient (Wildman–Crippen LogP) is 3.19. The second-order valence-corrected chi connectivity index (χ2v) is 7.94. The number of aromatic nitrogens is 5. The zero-order chi connectivity index (χ0) is 20.5. The first-order chi connectivity index (χ1) is 14.7. The molecule has 1 fully saturated rings. The molecule has 0 aliphatic carbocycles. The molecule has 1 saturated heterocycles. The summed E-state index contributed by atoms with van der Waals surface area (Å²) in [6.07, 6.45) is 7.48. The van der Waals surface area contributed by atoms with Gasteiger partial charge in [-0.3, -0.25) is 19.9 Å². The lowest BCUT2D eigenvalue weighted by molar-refractivity contribution is 0.194. The number of hydrogen-bond acceptors (Lipinski definition) is 5. The number of fused-ring (bicyclic) bond motifs is 1. The Morgan fingerprint density at radius 1 is 1.17 bits per heavy atom. The summed E-state index contributed by atoms with van der Waals surface area (Å²) in [5.41, 5.74) is 2.90. The topological polar surface area (TPSA) is 79.7 Å². The maximum absolute atomic E-state index is 12.7. The zero-order valence-corrected chi connectivity index (χ0v) is 17.0. The quantitative estimate of drug-likeness (QED) is 0.569. The number of benzene rings is 1. The highest BCUT2D eigenvalue weighted by molar-refractivity contribution is 5.89. The van der Waals surface area contributed by atoms with E-state index in [9.17, 15) is 4.79 Å². The molecule has 0 saturated carbocycles. The highest BCUT2D eigenvalue weighted by atomic mass is 16.1. The first-order valence-electron chi connectivity index (χ1n) is 10.3. The Labute approximate surface area is 174 Å². The fraction of sp³-hybridized carbons (Fsp3) is 0.304. The van der Waals surface area contributed by atoms with E-state index in [1.165, 1.54) is 10.2 Å². The molecule has 1 unspecified atom stereocenters. The molecule has 30 heavy (non-hydrogen) atoms. The minimum absolute atomic E-state index is 0.202. The molecule has 152 valence electrons. The highest BCUT2D eigenvalue weighted by Crippen LogP contribution is 2.26. The van der Waals surface area contributed by atoms with E-state index in [-0.39, 0.29) is 11.6 Å². The van der Waals surface area contributed by atoms with Gasteiger partial charge in [0.15, 0.2) is 0 Å². The average molecular weight is 400 g/mol. The number of nitrogens with zero attached hydrogens (tertiary/aromatic N) is 5. The van der Waals surface area contributed by atoms with E-state index in [1.807, 2.05) is 36.5 Å². The lowest BCUT2D eigenvalue weighted by Crippen LogP contribution is -2.34. The van der Waals surface area contributed by atoms with Gasteiger partial charge in [-0.15, -0.1) is 5.10 Å². The summed E-state index contributed by atoms with van der Waals surface area (Å²) in [6, 6.07) is 11.8. The molecular formula is C23H24N6O. The van der Waals surface area contributed by atoms with Crippen LogP contribution in [0.3, 0.4) is 0 Å². The first kappa shape index (κ1) is 18.7. The Morgan fingerprint density at radius 2 is 2.10 bits per heavy atom. The average Bonchev–Trinajstić information content (AvgIpc) is 3.17. The number of rotatable bonds is 4. The standard InChI is InChI=1S/C23H24N6O/c1-16-5-3-10-25-20(16)15-28-12-4-7-18(14-28)22-26-23(30)29(27-22)21-8-2-6-17-13-24-11-9-19(17)21/h2-3,5-6,8-11,13,18H,4,7,12,14-15H2,1H3,(H,26,27,30). The predicted molar refractivity (Wildman–Crippen MR) is 116 cm³/mol. The summed E-state index contributed by atoms with van der Waals surface area (Å²) in [5, 5.41) is 6.65. The Bertz CT molecular complexity index is 1240. The third-order valence-electron chi connectivity index (χ3n) is 5.90. The van der Waals surface area contributed by atoms with Crippen LogP contribution in [0, 0.1) is 6.92 Å². The van der Waals surface area contributed by atoms with Crippen molar-refractivity contribution in [2.75, 3.05) is 13.1 Å². The second kappa shape index (κ2) is 7.84. The van der Waals surface area contributed by atoms with Gasteiger partial charge in [-0.1, -0.05) is 18.2 Å². The number of H-pyrrole nitrogens is 1. The van der Waals surface area contributed by atoms with E-state index < -0.39 is 0 Å². The van der Waals surface area contributed by atoms with Gasteiger partial charge in [-0.05, 0) is 50.1 Å². The second-order valence-electron chi connectivity index (χ2n) is 7.94. The van der Waals surface area contributed by atoms with Crippen LogP contribution in [0.15, 0.2) is 59.8 Å². The van der Waals surface area contributed by atoms with Crippen molar-refractivity contribution in [1.82, 2.24) is 29.6 Å². The molecule has 3 aromatic heterocycles. The van der Waals surface area contributed by atoms with Gasteiger partial charge in [0.2, 0.25) is 0 Å². The number of hydrogen-bond donors (Lipinski definition) is 1. The van der Waals surface area contributed by atoms with E-state index in [0.717, 1.165) is 60.5 Å². The van der Waals surface area contributed by atoms with E-state index in [0.29, 0.717) is 0 Å². The Hall–Kier alpha value is -3.32. The monoisotopic (exact) mass is 400 g/mol. The molecule has 1 aliphatic rings. The van der Waals surface area contributed by atoms with E-state index in [4.69, 9.17) is 5.10 Å². The van der Waals surface area contributed by atoms with Crippen LogP contribution in [0.2, 0.25) is 0 Å². The van der Waals surface area contributed by atoms with Crippen LogP contribution in [-0.2, 0) is 6.54 Å². The fourth-order valence-corrected chi connectivity index (χ4v) is 4.30. The molecule has 0 bridgehead atoms. The maximum atomic E-state index is 12.7. The van der Waals surface area contributed by atoms with Crippen molar-refractivity contribution >= 4 is 10.8 Å². The number of likely N-dealkylation sites (tertiary alicyclic amines) is 1. The van der Waals surface area contributed by atoms with E-state index in [1.54, 1.807) is 12.4 Å². The van der Waals surface area contributed by atoms with Crippen molar-refractivity contribution in [2.24, 2.45) is 0 Å². The summed E-state index contributed by atoms with van der Waals surface area (Å²) in [4.78, 5) is 26.9. The zero-order valence-electron chi connectivity index (χ0n) is 17.0. The highest BCUT2D eigenvalue weighted by Gasteiger charge is 2.25. The molecule has 1 N–H and O–H groups in total. The van der Waals surface area contributed by atoms with Crippen LogP contribution < -0.4 is 5.69 Å². The fourth-order valence-electron chi connectivity index (χ4n) is 4.30. The molecule has 4 heterocycles. The number of pyridine rings is 2. The molecule has 0 amide bonds. The Balaban J connectivity index is 1.41. The smallest absolute Gasteiger partial charge is 0.297 e. The van der Waals surface area contributed by atoms with Gasteiger partial charge in [0.05, 0.1) is 11.4 Å². The lowest BCUT2D eigenvalue weighted by atomic mass is 9.97. The van der Waals surface area contributed by atoms with Gasteiger partial charge in [0.25, 0.3) is 0 Å². The van der Waals surface area contributed by atoms with Crippen molar-refractivity contribution in [3.05, 3.63) is 82.6 Å². The summed E-state index contributed by atoms with van der Waals surface area (Å²) in [5.74, 6) is 0.960. The van der Waals surface area contributed by atoms with Crippen LogP contribution in [-0.4, -0.2) is 42.7 Å². The normalized spacial score (nSPS) is 17.4. The SMILES string of the molecule is Cc1cccnc1CN1CCCC(c2nn(-c3cccc4cnccc34)c(=O)[nH]2)C1. The lowest BCUT2D eigenvalue weighted by Gasteiger charge is -2.31. The van der Waals surface area contributed by atoms with Crippen molar-refractivity contribution in [1.29, 1.82) is 0 Å². The molecular weight excluding hydrogens is 376 g/mol. The van der Waals surface area contributed by atoms with Crippen LogP contribution in [0.25, 0.3) is 16.5 Å². The number of nitrogens with one attached hydrogen (secondary N) is 1. The van der Waals surface area contributed by atoms with Crippen LogP contribution in [0.4, 0.5) is 0 Å². The largest absolute Gasteiger partial charge is 0.348 e. The molecule has 1 atom stereocenters. The molecule has 4 aromatic rings.